The Labute approximate surface area is 165 Å². The Morgan fingerprint density at radius 3 is 2.21 bits per heavy atom. The topological polar surface area (TPSA) is 95.9 Å². The Kier molecular flexibility index (Phi) is 8.65. The molecule has 2 rings (SSSR count). The summed E-state index contributed by atoms with van der Waals surface area (Å²) < 4.78 is 5.47. The molecule has 0 saturated heterocycles. The molecule has 0 aliphatic heterocycles. The fraction of sp³-hybridized carbons (Fsp3) is 0.364. The number of ketones is 1. The van der Waals surface area contributed by atoms with E-state index >= 15 is 0 Å². The van der Waals surface area contributed by atoms with Crippen LogP contribution >= 0.6 is 0 Å². The number of amides is 1. The van der Waals surface area contributed by atoms with E-state index in [1.165, 1.54) is 0 Å². The molecule has 150 valence electrons. The summed E-state index contributed by atoms with van der Waals surface area (Å²) in [4.78, 5) is 25.3. The molecule has 28 heavy (non-hydrogen) atoms. The highest BCUT2D eigenvalue weighted by atomic mass is 16.6. The van der Waals surface area contributed by atoms with Crippen molar-refractivity contribution in [3.63, 3.8) is 0 Å². The van der Waals surface area contributed by atoms with Crippen molar-refractivity contribution in [2.45, 2.75) is 45.5 Å². The number of benzene rings is 2. The first kappa shape index (κ1) is 21.6. The highest BCUT2D eigenvalue weighted by Crippen LogP contribution is 2.25. The highest BCUT2D eigenvalue weighted by molar-refractivity contribution is 6.00. The monoisotopic (exact) mass is 385 g/mol. The zero-order valence-electron chi connectivity index (χ0n) is 16.1. The van der Waals surface area contributed by atoms with E-state index in [1.807, 2.05) is 0 Å². The van der Waals surface area contributed by atoms with Crippen LogP contribution in [0.5, 0.6) is 0 Å². The average Bonchev–Trinajstić information content (AvgIpc) is 2.74. The van der Waals surface area contributed by atoms with Crippen molar-refractivity contribution in [1.29, 1.82) is 0 Å². The molecule has 0 bridgehead atoms. The predicted octanol–water partition coefficient (Wildman–Crippen LogP) is 3.51. The molecule has 0 heterocycles. The van der Waals surface area contributed by atoms with Gasteiger partial charge in [0.1, 0.15) is 0 Å². The first-order valence-corrected chi connectivity index (χ1v) is 9.47. The molecule has 0 aliphatic carbocycles. The summed E-state index contributed by atoms with van der Waals surface area (Å²) in [7, 11) is 0. The molecule has 2 aromatic rings. The molecular formula is C22H27NO5. The number of Topliss-reactive ketones (excluding diaryl/α,β-unsaturated/α-hetero) is 1. The maximum atomic E-state index is 13.0. The molecular weight excluding hydrogens is 358 g/mol. The number of unbranched alkanes of at least 4 members (excludes halogenated alkanes) is 2. The molecule has 3 N–H and O–H groups in total. The van der Waals surface area contributed by atoms with Gasteiger partial charge >= 0.3 is 6.09 Å². The normalized spacial score (nSPS) is 11.7. The minimum atomic E-state index is -1.18. The van der Waals surface area contributed by atoms with Gasteiger partial charge in [0.05, 0.1) is 13.2 Å². The molecule has 0 saturated carbocycles. The highest BCUT2D eigenvalue weighted by Gasteiger charge is 2.27. The van der Waals surface area contributed by atoms with Crippen LogP contribution in [0.15, 0.2) is 48.5 Å². The smallest absolute Gasteiger partial charge is 0.408 e. The Morgan fingerprint density at radius 2 is 1.64 bits per heavy atom. The van der Waals surface area contributed by atoms with Crippen molar-refractivity contribution < 1.29 is 24.5 Å². The van der Waals surface area contributed by atoms with Crippen molar-refractivity contribution >= 4 is 11.9 Å². The number of hydrogen-bond donors (Lipinski definition) is 3. The van der Waals surface area contributed by atoms with Crippen molar-refractivity contribution in [2.24, 2.45) is 0 Å². The number of ether oxygens (including phenoxy) is 1. The number of aliphatic hydroxyl groups is 2. The standard InChI is InChI=1S/C22H27NO5/c1-2-3-7-10-23-22(27)28-21(20(26)18-8-5-4-6-9-18)19-12-16(14-24)11-17(13-19)15-25/h4-6,8-9,11-13,21,24-25H,2-3,7,10,14-15H2,1H3,(H,23,27). The van der Waals surface area contributed by atoms with E-state index in [4.69, 9.17) is 4.74 Å². The number of carbonyl (C=O) groups is 2. The van der Waals surface area contributed by atoms with E-state index in [1.54, 1.807) is 48.5 Å². The van der Waals surface area contributed by atoms with Crippen LogP contribution in [0.25, 0.3) is 0 Å². The molecule has 6 heteroatoms. The van der Waals surface area contributed by atoms with Crippen molar-refractivity contribution in [1.82, 2.24) is 5.32 Å². The minimum Gasteiger partial charge on any atom is -0.433 e. The van der Waals surface area contributed by atoms with Crippen LogP contribution in [-0.2, 0) is 18.0 Å². The second kappa shape index (κ2) is 11.2. The van der Waals surface area contributed by atoms with Crippen LogP contribution in [-0.4, -0.2) is 28.6 Å². The first-order chi connectivity index (χ1) is 13.6. The van der Waals surface area contributed by atoms with Gasteiger partial charge in [-0.15, -0.1) is 0 Å². The quantitative estimate of drug-likeness (QED) is 0.430. The second-order valence-corrected chi connectivity index (χ2v) is 6.55. The first-order valence-electron chi connectivity index (χ1n) is 9.47. The molecule has 0 fully saturated rings. The maximum Gasteiger partial charge on any atom is 0.408 e. The summed E-state index contributed by atoms with van der Waals surface area (Å²) in [5, 5.41) is 21.6. The van der Waals surface area contributed by atoms with Crippen molar-refractivity contribution in [3.8, 4) is 0 Å². The second-order valence-electron chi connectivity index (χ2n) is 6.55. The van der Waals surface area contributed by atoms with Gasteiger partial charge in [0.25, 0.3) is 0 Å². The Hall–Kier alpha value is -2.70. The molecule has 0 radical (unpaired) electrons. The summed E-state index contributed by atoms with van der Waals surface area (Å²) in [6.45, 7) is 2.03. The van der Waals surface area contributed by atoms with Crippen molar-refractivity contribution in [2.75, 3.05) is 6.54 Å². The van der Waals surface area contributed by atoms with Gasteiger partial charge < -0.3 is 20.3 Å². The van der Waals surface area contributed by atoms with Gasteiger partial charge in [-0.25, -0.2) is 4.79 Å². The number of carbonyl (C=O) groups excluding carboxylic acids is 2. The third-order valence-corrected chi connectivity index (χ3v) is 4.31. The van der Waals surface area contributed by atoms with Crippen molar-refractivity contribution in [3.05, 3.63) is 70.8 Å². The molecule has 1 amide bonds. The van der Waals surface area contributed by atoms with E-state index in [0.717, 1.165) is 19.3 Å². The van der Waals surface area contributed by atoms with E-state index in [0.29, 0.717) is 28.8 Å². The predicted molar refractivity (Wildman–Crippen MR) is 106 cm³/mol. The number of nitrogens with one attached hydrogen (secondary N) is 1. The Bertz CT molecular complexity index is 754. The lowest BCUT2D eigenvalue weighted by Crippen LogP contribution is -2.29. The van der Waals surface area contributed by atoms with Crippen LogP contribution in [0, 0.1) is 0 Å². The summed E-state index contributed by atoms with van der Waals surface area (Å²) in [6.07, 6.45) is 1.00. The van der Waals surface area contributed by atoms with Crippen LogP contribution in [0.1, 0.15) is 59.3 Å². The molecule has 0 spiro atoms. The lowest BCUT2D eigenvalue weighted by atomic mass is 9.96. The van der Waals surface area contributed by atoms with E-state index < -0.39 is 12.2 Å². The van der Waals surface area contributed by atoms with Gasteiger partial charge in [0.2, 0.25) is 5.78 Å². The van der Waals surface area contributed by atoms with Gasteiger partial charge in [0.15, 0.2) is 6.10 Å². The number of aliphatic hydroxyl groups excluding tert-OH is 2. The van der Waals surface area contributed by atoms with E-state index in [2.05, 4.69) is 12.2 Å². The van der Waals surface area contributed by atoms with Gasteiger partial charge in [-0.05, 0) is 29.7 Å². The average molecular weight is 385 g/mol. The zero-order chi connectivity index (χ0) is 20.4. The summed E-state index contributed by atoms with van der Waals surface area (Å²) >= 11 is 0. The van der Waals surface area contributed by atoms with Crippen LogP contribution in [0.3, 0.4) is 0 Å². The fourth-order valence-electron chi connectivity index (χ4n) is 2.87. The fourth-order valence-corrected chi connectivity index (χ4v) is 2.87. The molecule has 0 aliphatic rings. The van der Waals surface area contributed by atoms with Crippen LogP contribution in [0.2, 0.25) is 0 Å². The molecule has 2 aromatic carbocycles. The number of hydrogen-bond acceptors (Lipinski definition) is 5. The SMILES string of the molecule is CCCCCNC(=O)OC(C(=O)c1ccccc1)c1cc(CO)cc(CO)c1. The molecule has 6 nitrogen and oxygen atoms in total. The summed E-state index contributed by atoms with van der Waals surface area (Å²) in [5.74, 6) is -0.372. The molecule has 0 aromatic heterocycles. The summed E-state index contributed by atoms with van der Waals surface area (Å²) in [5.41, 5.74) is 1.87. The third-order valence-electron chi connectivity index (χ3n) is 4.31. The zero-order valence-corrected chi connectivity index (χ0v) is 16.1. The lowest BCUT2D eigenvalue weighted by molar-refractivity contribution is 0.0627. The van der Waals surface area contributed by atoms with Gasteiger partial charge in [-0.1, -0.05) is 56.2 Å². The third kappa shape index (κ3) is 6.18. The Balaban J connectivity index is 2.28. The minimum absolute atomic E-state index is 0.254. The van der Waals surface area contributed by atoms with Gasteiger partial charge in [-0.2, -0.15) is 0 Å². The largest absolute Gasteiger partial charge is 0.433 e. The van der Waals surface area contributed by atoms with Gasteiger partial charge in [0, 0.05) is 17.7 Å². The van der Waals surface area contributed by atoms with Crippen LogP contribution < -0.4 is 5.32 Å². The van der Waals surface area contributed by atoms with E-state index in [9.17, 15) is 19.8 Å². The van der Waals surface area contributed by atoms with E-state index in [-0.39, 0.29) is 19.0 Å². The van der Waals surface area contributed by atoms with Gasteiger partial charge in [-0.3, -0.25) is 4.79 Å². The lowest BCUT2D eigenvalue weighted by Gasteiger charge is -2.19. The van der Waals surface area contributed by atoms with Crippen LogP contribution in [0.4, 0.5) is 4.79 Å². The number of rotatable bonds is 10. The molecule has 1 unspecified atom stereocenters. The maximum absolute atomic E-state index is 13.0. The molecule has 1 atom stereocenters. The Morgan fingerprint density at radius 1 is 1.00 bits per heavy atom. The summed E-state index contributed by atoms with van der Waals surface area (Å²) in [6, 6.07) is 13.4. The number of alkyl carbamates (subject to hydrolysis) is 1.